The van der Waals surface area contributed by atoms with Gasteiger partial charge in [-0.15, -0.1) is 0 Å². The summed E-state index contributed by atoms with van der Waals surface area (Å²) in [5.41, 5.74) is 3.99. The van der Waals surface area contributed by atoms with Gasteiger partial charge in [0.05, 0.1) is 0 Å². The van der Waals surface area contributed by atoms with E-state index in [-0.39, 0.29) is 11.3 Å². The smallest absolute Gasteiger partial charge is 0.237 e. The highest BCUT2D eigenvalue weighted by Gasteiger charge is 2.44. The number of rotatable bonds is 8. The molecule has 0 aromatic heterocycles. The molecular formula is C35H37ClN2O. The van der Waals surface area contributed by atoms with Crippen LogP contribution in [0.5, 0.6) is 0 Å². The van der Waals surface area contributed by atoms with Gasteiger partial charge in [-0.2, -0.15) is 0 Å². The van der Waals surface area contributed by atoms with Crippen LogP contribution in [0.4, 0.5) is 0 Å². The highest BCUT2D eigenvalue weighted by atomic mass is 35.5. The van der Waals surface area contributed by atoms with Crippen LogP contribution >= 0.6 is 11.6 Å². The Balaban J connectivity index is 1.43. The summed E-state index contributed by atoms with van der Waals surface area (Å²) in [6.07, 6.45) is 2.76. The van der Waals surface area contributed by atoms with Crippen molar-refractivity contribution >= 4 is 17.5 Å². The third kappa shape index (κ3) is 5.39. The number of carbonyl (C=O) groups is 1. The summed E-state index contributed by atoms with van der Waals surface area (Å²) in [5, 5.41) is 0.767. The van der Waals surface area contributed by atoms with Gasteiger partial charge in [-0.1, -0.05) is 115 Å². The van der Waals surface area contributed by atoms with Crippen molar-refractivity contribution in [2.24, 2.45) is 0 Å². The van der Waals surface area contributed by atoms with Crippen LogP contribution in [-0.4, -0.2) is 49.4 Å². The minimum atomic E-state index is -0.740. The Morgan fingerprint density at radius 2 is 1.21 bits per heavy atom. The monoisotopic (exact) mass is 536 g/mol. The van der Waals surface area contributed by atoms with E-state index in [4.69, 9.17) is 11.6 Å². The number of carbonyl (C=O) groups excluding carboxylic acids is 1. The summed E-state index contributed by atoms with van der Waals surface area (Å²) in [6.45, 7) is 2.77. The van der Waals surface area contributed by atoms with Crippen LogP contribution in [0.2, 0.25) is 5.02 Å². The van der Waals surface area contributed by atoms with Crippen LogP contribution in [0.3, 0.4) is 0 Å². The molecule has 5 rings (SSSR count). The number of likely N-dealkylation sites (tertiary alicyclic amines) is 1. The zero-order valence-electron chi connectivity index (χ0n) is 22.9. The average Bonchev–Trinajstić information content (AvgIpc) is 2.99. The second-order valence-electron chi connectivity index (χ2n) is 10.9. The zero-order chi connectivity index (χ0) is 27.3. The first kappa shape index (κ1) is 27.2. The van der Waals surface area contributed by atoms with Gasteiger partial charge < -0.3 is 9.80 Å². The third-order valence-corrected chi connectivity index (χ3v) is 8.79. The van der Waals surface area contributed by atoms with Crippen molar-refractivity contribution in [1.82, 2.24) is 9.80 Å². The summed E-state index contributed by atoms with van der Waals surface area (Å²) in [6, 6.07) is 39.9. The molecule has 0 atom stereocenters. The first-order chi connectivity index (χ1) is 19.0. The maximum atomic E-state index is 14.0. The van der Waals surface area contributed by atoms with E-state index in [1.165, 1.54) is 11.1 Å². The highest BCUT2D eigenvalue weighted by molar-refractivity contribution is 6.30. The van der Waals surface area contributed by atoms with E-state index in [1.54, 1.807) is 4.90 Å². The van der Waals surface area contributed by atoms with Crippen molar-refractivity contribution in [3.05, 3.63) is 143 Å². The zero-order valence-corrected chi connectivity index (χ0v) is 23.6. The Bertz CT molecular complexity index is 1310. The van der Waals surface area contributed by atoms with Crippen molar-refractivity contribution < 1.29 is 4.79 Å². The van der Waals surface area contributed by atoms with Crippen LogP contribution in [0.15, 0.2) is 115 Å². The Morgan fingerprint density at radius 3 is 1.69 bits per heavy atom. The van der Waals surface area contributed by atoms with Gasteiger partial charge in [-0.3, -0.25) is 4.79 Å². The van der Waals surface area contributed by atoms with Gasteiger partial charge in [0, 0.05) is 24.5 Å². The van der Waals surface area contributed by atoms with Gasteiger partial charge in [0.1, 0.15) is 5.41 Å². The standard InChI is InChI=1S/C35H37ClN2O/c1-37(2)33(39)35(30-14-8-4-9-15-30,31-16-10-5-11-17-31)24-27-38-25-22-34(23-26-38,28-12-6-3-7-13-28)29-18-20-32(36)21-19-29/h3-21H,22-27H2,1-2H3. The van der Waals surface area contributed by atoms with Crippen LogP contribution in [0.1, 0.15) is 41.5 Å². The van der Waals surface area contributed by atoms with E-state index in [1.807, 2.05) is 62.6 Å². The molecule has 1 heterocycles. The SMILES string of the molecule is CN(C)C(=O)C(CCN1CCC(c2ccccc2)(c2ccc(Cl)cc2)CC1)(c1ccccc1)c1ccccc1. The molecule has 0 saturated carbocycles. The number of benzene rings is 4. The molecule has 200 valence electrons. The molecule has 1 saturated heterocycles. The van der Waals surface area contributed by atoms with Gasteiger partial charge in [0.2, 0.25) is 5.91 Å². The summed E-state index contributed by atoms with van der Waals surface area (Å²) >= 11 is 6.26. The van der Waals surface area contributed by atoms with Crippen LogP contribution < -0.4 is 0 Å². The predicted octanol–water partition coefficient (Wildman–Crippen LogP) is 7.19. The van der Waals surface area contributed by atoms with Crippen molar-refractivity contribution in [3.63, 3.8) is 0 Å². The molecule has 39 heavy (non-hydrogen) atoms. The fraction of sp³-hybridized carbons (Fsp3) is 0.286. The molecule has 0 spiro atoms. The van der Waals surface area contributed by atoms with Crippen molar-refractivity contribution in [1.29, 1.82) is 0 Å². The maximum absolute atomic E-state index is 14.0. The Kier molecular flexibility index (Phi) is 8.20. The lowest BCUT2D eigenvalue weighted by Gasteiger charge is -2.44. The molecule has 4 aromatic rings. The number of halogens is 1. The molecule has 0 radical (unpaired) electrons. The Hall–Kier alpha value is -3.40. The largest absolute Gasteiger partial charge is 0.348 e. The van der Waals surface area contributed by atoms with Gasteiger partial charge in [-0.05, 0) is 73.3 Å². The second kappa shape index (κ2) is 11.8. The van der Waals surface area contributed by atoms with E-state index in [2.05, 4.69) is 71.6 Å². The second-order valence-corrected chi connectivity index (χ2v) is 11.3. The van der Waals surface area contributed by atoms with E-state index >= 15 is 0 Å². The first-order valence-corrected chi connectivity index (χ1v) is 14.2. The van der Waals surface area contributed by atoms with Crippen LogP contribution in [0, 0.1) is 0 Å². The molecule has 3 nitrogen and oxygen atoms in total. The molecule has 4 aromatic carbocycles. The predicted molar refractivity (Wildman–Crippen MR) is 161 cm³/mol. The van der Waals surface area contributed by atoms with Crippen molar-refractivity contribution in [2.45, 2.75) is 30.1 Å². The summed E-state index contributed by atoms with van der Waals surface area (Å²) in [4.78, 5) is 18.3. The Morgan fingerprint density at radius 1 is 0.744 bits per heavy atom. The molecule has 0 unspecified atom stereocenters. The molecular weight excluding hydrogens is 500 g/mol. The van der Waals surface area contributed by atoms with E-state index in [9.17, 15) is 4.79 Å². The molecule has 1 amide bonds. The lowest BCUT2D eigenvalue weighted by molar-refractivity contribution is -0.133. The quantitative estimate of drug-likeness (QED) is 0.238. The van der Waals surface area contributed by atoms with Crippen LogP contribution in [0.25, 0.3) is 0 Å². The number of nitrogens with zero attached hydrogens (tertiary/aromatic N) is 2. The molecule has 0 aliphatic carbocycles. The molecule has 0 bridgehead atoms. The Labute approximate surface area is 238 Å². The minimum Gasteiger partial charge on any atom is -0.348 e. The highest BCUT2D eigenvalue weighted by Crippen LogP contribution is 2.43. The van der Waals surface area contributed by atoms with Gasteiger partial charge in [0.25, 0.3) is 0 Å². The number of likely N-dealkylation sites (N-methyl/N-ethyl adjacent to an activating group) is 1. The van der Waals surface area contributed by atoms with Crippen LogP contribution in [-0.2, 0) is 15.6 Å². The van der Waals surface area contributed by atoms with Crippen molar-refractivity contribution in [2.75, 3.05) is 33.7 Å². The van der Waals surface area contributed by atoms with E-state index in [0.29, 0.717) is 0 Å². The lowest BCUT2D eigenvalue weighted by Crippen LogP contribution is -2.49. The molecule has 1 aliphatic rings. The summed E-state index contributed by atoms with van der Waals surface area (Å²) in [5.74, 6) is 0.122. The first-order valence-electron chi connectivity index (χ1n) is 13.8. The fourth-order valence-electron chi connectivity index (χ4n) is 6.39. The topological polar surface area (TPSA) is 23.6 Å². The normalized spacial score (nSPS) is 15.6. The van der Waals surface area contributed by atoms with E-state index in [0.717, 1.165) is 55.0 Å². The van der Waals surface area contributed by atoms with Crippen molar-refractivity contribution in [3.8, 4) is 0 Å². The van der Waals surface area contributed by atoms with Gasteiger partial charge >= 0.3 is 0 Å². The maximum Gasteiger partial charge on any atom is 0.237 e. The number of amides is 1. The summed E-state index contributed by atoms with van der Waals surface area (Å²) in [7, 11) is 3.73. The molecule has 1 fully saturated rings. The number of piperidine rings is 1. The number of hydrogen-bond acceptors (Lipinski definition) is 2. The third-order valence-electron chi connectivity index (χ3n) is 8.54. The van der Waals surface area contributed by atoms with Gasteiger partial charge in [0.15, 0.2) is 0 Å². The average molecular weight is 537 g/mol. The molecule has 1 aliphatic heterocycles. The molecule has 0 N–H and O–H groups in total. The minimum absolute atomic E-state index is 0.0439. The van der Waals surface area contributed by atoms with Gasteiger partial charge in [-0.25, -0.2) is 0 Å². The number of hydrogen-bond donors (Lipinski definition) is 0. The summed E-state index contributed by atoms with van der Waals surface area (Å²) < 4.78 is 0. The lowest BCUT2D eigenvalue weighted by atomic mass is 9.67. The molecule has 4 heteroatoms. The fourth-order valence-corrected chi connectivity index (χ4v) is 6.52. The van der Waals surface area contributed by atoms with E-state index < -0.39 is 5.41 Å².